The van der Waals surface area contributed by atoms with Crippen LogP contribution in [0.25, 0.3) is 0 Å². The average Bonchev–Trinajstić information content (AvgIpc) is 2.33. The molecule has 0 bridgehead atoms. The van der Waals surface area contributed by atoms with Crippen molar-refractivity contribution in [3.63, 3.8) is 0 Å². The maximum Gasteiger partial charge on any atom is 0.268 e. The summed E-state index contributed by atoms with van der Waals surface area (Å²) in [5, 5.41) is 3.58. The van der Waals surface area contributed by atoms with Gasteiger partial charge in [0.1, 0.15) is 8.07 Å². The van der Waals surface area contributed by atoms with Gasteiger partial charge in [-0.25, -0.2) is 0 Å². The van der Waals surface area contributed by atoms with Crippen LogP contribution >= 0.6 is 22.2 Å². The first kappa shape index (κ1) is 29.1. The number of hydrogen-bond acceptors (Lipinski definition) is 0. The molecule has 196 valence electrons. The topological polar surface area (TPSA) is 0 Å². The van der Waals surface area contributed by atoms with Crippen LogP contribution in [0, 0.1) is 32.5 Å². The second-order valence-electron chi connectivity index (χ2n) is 17.8. The molecule has 34 heavy (non-hydrogen) atoms. The smallest absolute Gasteiger partial charge is 0.144 e. The van der Waals surface area contributed by atoms with Gasteiger partial charge in [-0.2, -0.15) is 0 Å². The van der Waals surface area contributed by atoms with Gasteiger partial charge in [-0.3, -0.25) is 0 Å². The molecule has 0 N–H and O–H groups in total. The standard InChI is InChI=1S/C30H54Cl2Si2/c1-23(2,3)19-21(25(7,8)9)33-22(26(10,11)12)20(24(4,5)6)30(33,28(16,17)18)34(31,32)29(19,33)27(13,14)15/h1-18H3. The Bertz CT molecular complexity index is 905. The van der Waals surface area contributed by atoms with Crippen LogP contribution in [0.2, 0.25) is 9.32 Å². The third-order valence-corrected chi connectivity index (χ3v) is 30.8. The van der Waals surface area contributed by atoms with Crippen LogP contribution < -0.4 is 0 Å². The molecule has 0 aromatic heterocycles. The van der Waals surface area contributed by atoms with Crippen LogP contribution in [-0.4, -0.2) is 14.8 Å². The Kier molecular flexibility index (Phi) is 5.75. The predicted molar refractivity (Wildman–Crippen MR) is 159 cm³/mol. The summed E-state index contributed by atoms with van der Waals surface area (Å²) < 4.78 is -0.108. The maximum absolute atomic E-state index is 8.18. The van der Waals surface area contributed by atoms with E-state index < -0.39 is 14.8 Å². The molecule has 3 aliphatic rings. The molecule has 3 aliphatic heterocycles. The molecule has 0 aromatic carbocycles. The molecule has 0 nitrogen and oxygen atoms in total. The van der Waals surface area contributed by atoms with E-state index in [2.05, 4.69) is 125 Å². The molecule has 0 aromatic rings. The predicted octanol–water partition coefficient (Wildman–Crippen LogP) is 10.9. The van der Waals surface area contributed by atoms with Gasteiger partial charge in [-0.1, -0.05) is 146 Å². The highest BCUT2D eigenvalue weighted by atomic mass is 35.7. The molecule has 4 heteroatoms. The lowest BCUT2D eigenvalue weighted by atomic mass is 9.68. The van der Waals surface area contributed by atoms with Crippen molar-refractivity contribution in [2.45, 2.75) is 134 Å². The molecular formula is C30H54Cl2Si2. The molecule has 0 saturated carbocycles. The van der Waals surface area contributed by atoms with Crippen molar-refractivity contribution >= 4 is 36.9 Å². The molecule has 0 radical (unpaired) electrons. The van der Waals surface area contributed by atoms with E-state index in [0.29, 0.717) is 0 Å². The Morgan fingerprint density at radius 1 is 0.441 bits per heavy atom. The van der Waals surface area contributed by atoms with Crippen LogP contribution in [0.3, 0.4) is 0 Å². The molecule has 0 amide bonds. The highest BCUT2D eigenvalue weighted by molar-refractivity contribution is 7.62. The van der Waals surface area contributed by atoms with E-state index in [1.807, 2.05) is 0 Å². The molecule has 2 unspecified atom stereocenters. The molecule has 3 heterocycles. The van der Waals surface area contributed by atoms with Crippen LogP contribution in [0.1, 0.15) is 125 Å². The zero-order valence-corrected chi connectivity index (χ0v) is 29.3. The largest absolute Gasteiger partial charge is 0.268 e. The van der Waals surface area contributed by atoms with Gasteiger partial charge >= 0.3 is 0 Å². The molecule has 3 rings (SSSR count). The van der Waals surface area contributed by atoms with Gasteiger partial charge in [0.25, 0.3) is 6.69 Å². The molecular weight excluding hydrogens is 487 g/mol. The van der Waals surface area contributed by atoms with E-state index in [1.165, 1.54) is 0 Å². The Balaban J connectivity index is 2.80. The van der Waals surface area contributed by atoms with Crippen molar-refractivity contribution in [2.24, 2.45) is 32.5 Å². The van der Waals surface area contributed by atoms with Crippen LogP contribution in [-0.2, 0) is 0 Å². The minimum atomic E-state index is -2.89. The SMILES string of the molecule is CC(C)(C)C1=C(C(C)(C)C)[Si]23C(C(C)(C)C)=C(C(C)(C)C)C2(C(C)(C)C)[Si](Cl)(Cl)C13C(C)(C)C. The molecule has 1 spiro atoms. The number of allylic oxidation sites excluding steroid dienone is 4. The number of rotatable bonds is 0. The zero-order chi connectivity index (χ0) is 27.3. The van der Waals surface area contributed by atoms with Crippen molar-refractivity contribution in [2.75, 3.05) is 0 Å². The summed E-state index contributed by atoms with van der Waals surface area (Å²) >= 11 is 16.4. The number of halogens is 2. The zero-order valence-electron chi connectivity index (χ0n) is 25.8. The lowest BCUT2D eigenvalue weighted by Gasteiger charge is -2.96. The summed E-state index contributed by atoms with van der Waals surface area (Å²) in [6.07, 6.45) is 0. The van der Waals surface area contributed by atoms with E-state index in [4.69, 9.17) is 22.2 Å². The van der Waals surface area contributed by atoms with Crippen molar-refractivity contribution in [3.05, 3.63) is 21.5 Å². The van der Waals surface area contributed by atoms with Gasteiger partial charge in [-0.15, -0.1) is 22.2 Å². The first-order valence-electron chi connectivity index (χ1n) is 13.4. The van der Waals surface area contributed by atoms with Crippen LogP contribution in [0.15, 0.2) is 21.5 Å². The van der Waals surface area contributed by atoms with E-state index in [0.717, 1.165) is 0 Å². The summed E-state index contributed by atoms with van der Waals surface area (Å²) in [5.74, 6) is 0. The van der Waals surface area contributed by atoms with Gasteiger partial charge in [0.15, 0.2) is 0 Å². The second kappa shape index (κ2) is 6.73. The monoisotopic (exact) mass is 540 g/mol. The fourth-order valence-electron chi connectivity index (χ4n) is 9.73. The summed E-state index contributed by atoms with van der Waals surface area (Å²) in [5.41, 5.74) is 3.58. The average molecular weight is 542 g/mol. The third-order valence-electron chi connectivity index (χ3n) is 9.32. The second-order valence-corrected chi connectivity index (χ2v) is 29.5. The maximum atomic E-state index is 8.18. The van der Waals surface area contributed by atoms with E-state index in [9.17, 15) is 0 Å². The Labute approximate surface area is 224 Å². The molecule has 0 aliphatic carbocycles. The summed E-state index contributed by atoms with van der Waals surface area (Å²) in [6.45, 7) is 41.2. The quantitative estimate of drug-likeness (QED) is 0.211. The summed E-state index contributed by atoms with van der Waals surface area (Å²) in [4.78, 5) is 0. The fourth-order valence-corrected chi connectivity index (χ4v) is 40.4. The van der Waals surface area contributed by atoms with Crippen molar-refractivity contribution < 1.29 is 0 Å². The van der Waals surface area contributed by atoms with Crippen molar-refractivity contribution in [1.29, 1.82) is 0 Å². The normalized spacial score (nSPS) is 34.2. The highest BCUT2D eigenvalue weighted by Gasteiger charge is 3.05. The molecule has 1 saturated heterocycles. The fraction of sp³-hybridized carbons (Fsp3) is 0.867. The van der Waals surface area contributed by atoms with Crippen molar-refractivity contribution in [3.8, 4) is 0 Å². The van der Waals surface area contributed by atoms with Gasteiger partial charge < -0.3 is 0 Å². The molecule has 2 atom stereocenters. The minimum Gasteiger partial charge on any atom is -0.144 e. The van der Waals surface area contributed by atoms with Crippen molar-refractivity contribution in [1.82, 2.24) is 0 Å². The van der Waals surface area contributed by atoms with E-state index in [-0.39, 0.29) is 41.8 Å². The minimum absolute atomic E-state index is 0.0149. The Morgan fingerprint density at radius 2 is 0.676 bits per heavy atom. The van der Waals surface area contributed by atoms with Gasteiger partial charge in [0.2, 0.25) is 0 Å². The Morgan fingerprint density at radius 3 is 0.824 bits per heavy atom. The van der Waals surface area contributed by atoms with Crippen LogP contribution in [0.4, 0.5) is 0 Å². The lowest BCUT2D eigenvalue weighted by molar-refractivity contribution is 0.190. The first-order chi connectivity index (χ1) is 14.5. The summed E-state index contributed by atoms with van der Waals surface area (Å²) in [6, 6.07) is 0. The van der Waals surface area contributed by atoms with Gasteiger partial charge in [0.05, 0.1) is 0 Å². The first-order valence-corrected chi connectivity index (χ1v) is 19.4. The van der Waals surface area contributed by atoms with Gasteiger partial charge in [0, 0.05) is 9.32 Å². The van der Waals surface area contributed by atoms with Crippen LogP contribution in [0.5, 0.6) is 0 Å². The van der Waals surface area contributed by atoms with E-state index in [1.54, 1.807) is 21.5 Å². The molecule has 1 fully saturated rings. The Hall–Kier alpha value is 0.494. The summed E-state index contributed by atoms with van der Waals surface area (Å²) in [7, 11) is -2.32. The number of hydrogen-bond donors (Lipinski definition) is 0. The highest BCUT2D eigenvalue weighted by Crippen LogP contribution is 3.04. The lowest BCUT2D eigenvalue weighted by Crippen LogP contribution is -3.00. The van der Waals surface area contributed by atoms with Gasteiger partial charge in [-0.05, 0) is 32.5 Å². The third kappa shape index (κ3) is 2.64. The van der Waals surface area contributed by atoms with E-state index >= 15 is 0 Å².